The summed E-state index contributed by atoms with van der Waals surface area (Å²) in [5.41, 5.74) is 1.56. The summed E-state index contributed by atoms with van der Waals surface area (Å²) in [6.07, 6.45) is 5.39. The van der Waals surface area contributed by atoms with Gasteiger partial charge in [-0.25, -0.2) is 9.97 Å². The fourth-order valence-electron chi connectivity index (χ4n) is 2.43. The highest BCUT2D eigenvalue weighted by Gasteiger charge is 2.27. The van der Waals surface area contributed by atoms with Gasteiger partial charge >= 0.3 is 0 Å². The van der Waals surface area contributed by atoms with E-state index in [1.807, 2.05) is 35.0 Å². The van der Waals surface area contributed by atoms with Gasteiger partial charge in [-0.3, -0.25) is 4.79 Å². The van der Waals surface area contributed by atoms with E-state index in [4.69, 9.17) is 0 Å². The number of benzene rings is 1. The van der Waals surface area contributed by atoms with Crippen molar-refractivity contribution in [3.63, 3.8) is 0 Å². The van der Waals surface area contributed by atoms with Crippen LogP contribution in [0.25, 0.3) is 11.0 Å². The van der Waals surface area contributed by atoms with Crippen molar-refractivity contribution in [2.24, 2.45) is 5.41 Å². The summed E-state index contributed by atoms with van der Waals surface area (Å²) in [7, 11) is 0. The van der Waals surface area contributed by atoms with Crippen LogP contribution in [0.4, 0.5) is 0 Å². The van der Waals surface area contributed by atoms with Crippen molar-refractivity contribution >= 4 is 16.9 Å². The Bertz CT molecular complexity index is 765. The summed E-state index contributed by atoms with van der Waals surface area (Å²) >= 11 is 0. The third kappa shape index (κ3) is 3.41. The molecule has 0 radical (unpaired) electrons. The highest BCUT2D eigenvalue weighted by molar-refractivity contribution is 5.94. The molecule has 0 saturated heterocycles. The Kier molecular flexibility index (Phi) is 3.90. The second-order valence-electron chi connectivity index (χ2n) is 6.75. The molecule has 0 saturated carbocycles. The molecule has 0 aliphatic heterocycles. The minimum atomic E-state index is -0.193. The van der Waals surface area contributed by atoms with Crippen LogP contribution in [0, 0.1) is 5.41 Å². The number of rotatable bonds is 4. The lowest BCUT2D eigenvalue weighted by molar-refractivity contribution is 0.0883. The zero-order valence-electron chi connectivity index (χ0n) is 13.6. The van der Waals surface area contributed by atoms with E-state index < -0.39 is 0 Å². The largest absolute Gasteiger partial charge is 0.344 e. The number of carbonyl (C=O) groups is 1. The average Bonchev–Trinajstić information content (AvgIpc) is 3.14. The van der Waals surface area contributed by atoms with Gasteiger partial charge in [-0.1, -0.05) is 32.9 Å². The first kappa shape index (κ1) is 15.3. The normalized spacial score (nSPS) is 13.2. The molecule has 0 aliphatic rings. The maximum Gasteiger partial charge on any atom is 0.287 e. The Morgan fingerprint density at radius 3 is 2.78 bits per heavy atom. The average molecular weight is 311 g/mol. The van der Waals surface area contributed by atoms with Gasteiger partial charge in [0.2, 0.25) is 0 Å². The third-order valence-corrected chi connectivity index (χ3v) is 3.91. The van der Waals surface area contributed by atoms with E-state index in [1.165, 1.54) is 0 Å². The summed E-state index contributed by atoms with van der Waals surface area (Å²) in [4.78, 5) is 24.1. The van der Waals surface area contributed by atoms with Crippen molar-refractivity contribution in [1.29, 1.82) is 0 Å². The minimum absolute atomic E-state index is 0.0441. The molecule has 0 aliphatic carbocycles. The fraction of sp³-hybridized carbons (Fsp3) is 0.353. The van der Waals surface area contributed by atoms with Crippen LogP contribution < -0.4 is 5.32 Å². The molecule has 0 unspecified atom stereocenters. The van der Waals surface area contributed by atoms with Gasteiger partial charge in [0.05, 0.1) is 23.4 Å². The number of nitrogens with zero attached hydrogens (tertiary/aromatic N) is 3. The van der Waals surface area contributed by atoms with Gasteiger partial charge in [0.15, 0.2) is 5.82 Å². The maximum absolute atomic E-state index is 12.6. The number of amides is 1. The molecule has 1 amide bonds. The Morgan fingerprint density at radius 1 is 1.35 bits per heavy atom. The minimum Gasteiger partial charge on any atom is -0.344 e. The molecule has 0 bridgehead atoms. The summed E-state index contributed by atoms with van der Waals surface area (Å²) in [5, 5.41) is 3.09. The molecule has 0 fully saturated rings. The molecule has 2 heterocycles. The second kappa shape index (κ2) is 5.87. The molecule has 120 valence electrons. The predicted molar refractivity (Wildman–Crippen MR) is 89.0 cm³/mol. The molecular formula is C17H21N5O. The van der Waals surface area contributed by atoms with Gasteiger partial charge in [-0.05, 0) is 17.5 Å². The lowest BCUT2D eigenvalue weighted by Crippen LogP contribution is -2.46. The molecule has 1 aromatic carbocycles. The van der Waals surface area contributed by atoms with E-state index in [9.17, 15) is 4.79 Å². The van der Waals surface area contributed by atoms with E-state index in [0.29, 0.717) is 12.4 Å². The second-order valence-corrected chi connectivity index (χ2v) is 6.75. The highest BCUT2D eigenvalue weighted by atomic mass is 16.2. The summed E-state index contributed by atoms with van der Waals surface area (Å²) < 4.78 is 1.97. The molecule has 3 rings (SSSR count). The number of imidazole rings is 2. The first-order valence-corrected chi connectivity index (χ1v) is 7.65. The lowest BCUT2D eigenvalue weighted by Gasteiger charge is -2.31. The van der Waals surface area contributed by atoms with Crippen LogP contribution in [-0.2, 0) is 6.54 Å². The molecule has 0 spiro atoms. The third-order valence-electron chi connectivity index (χ3n) is 3.91. The first-order chi connectivity index (χ1) is 10.9. The number of aromatic nitrogens is 4. The summed E-state index contributed by atoms with van der Waals surface area (Å²) in [6, 6.07) is 7.57. The number of nitrogens with one attached hydrogen (secondary N) is 2. The molecule has 6 heteroatoms. The SMILES string of the molecule is CC(C)(C)[C@H](Cn1ccnc1)NC(=O)c1nc2ccccc2[nH]1. The molecule has 3 aromatic rings. The van der Waals surface area contributed by atoms with E-state index in [2.05, 4.69) is 41.0 Å². The lowest BCUT2D eigenvalue weighted by atomic mass is 9.86. The number of hydrogen-bond donors (Lipinski definition) is 2. The quantitative estimate of drug-likeness (QED) is 0.777. The van der Waals surface area contributed by atoms with Crippen molar-refractivity contribution in [1.82, 2.24) is 24.8 Å². The number of fused-ring (bicyclic) bond motifs is 1. The Labute approximate surface area is 135 Å². The van der Waals surface area contributed by atoms with Gasteiger partial charge in [0, 0.05) is 18.9 Å². The first-order valence-electron chi connectivity index (χ1n) is 7.65. The molecule has 2 N–H and O–H groups in total. The van der Waals surface area contributed by atoms with Crippen LogP contribution in [0.2, 0.25) is 0 Å². The number of para-hydroxylation sites is 2. The Morgan fingerprint density at radius 2 is 2.13 bits per heavy atom. The van der Waals surface area contributed by atoms with E-state index in [0.717, 1.165) is 11.0 Å². The van der Waals surface area contributed by atoms with Gasteiger partial charge in [0.25, 0.3) is 5.91 Å². The number of aromatic amines is 1. The van der Waals surface area contributed by atoms with Crippen LogP contribution in [0.15, 0.2) is 43.0 Å². The van der Waals surface area contributed by atoms with Crippen molar-refractivity contribution in [2.75, 3.05) is 0 Å². The van der Waals surface area contributed by atoms with Gasteiger partial charge in [-0.2, -0.15) is 0 Å². The number of hydrogen-bond acceptors (Lipinski definition) is 3. The fourth-order valence-corrected chi connectivity index (χ4v) is 2.43. The molecule has 6 nitrogen and oxygen atoms in total. The zero-order valence-corrected chi connectivity index (χ0v) is 13.6. The van der Waals surface area contributed by atoms with Gasteiger partial charge < -0.3 is 14.9 Å². The van der Waals surface area contributed by atoms with Crippen molar-refractivity contribution in [3.8, 4) is 0 Å². The number of carbonyl (C=O) groups excluding carboxylic acids is 1. The van der Waals surface area contributed by atoms with Gasteiger partial charge in [-0.15, -0.1) is 0 Å². The maximum atomic E-state index is 12.6. The van der Waals surface area contributed by atoms with E-state index >= 15 is 0 Å². The van der Waals surface area contributed by atoms with Crippen molar-refractivity contribution < 1.29 is 4.79 Å². The van der Waals surface area contributed by atoms with Crippen LogP contribution in [0.5, 0.6) is 0 Å². The summed E-state index contributed by atoms with van der Waals surface area (Å²) in [6.45, 7) is 6.98. The van der Waals surface area contributed by atoms with E-state index in [-0.39, 0.29) is 17.4 Å². The van der Waals surface area contributed by atoms with Crippen LogP contribution in [-0.4, -0.2) is 31.5 Å². The zero-order chi connectivity index (χ0) is 16.4. The van der Waals surface area contributed by atoms with E-state index in [1.54, 1.807) is 12.5 Å². The van der Waals surface area contributed by atoms with Crippen LogP contribution in [0.1, 0.15) is 31.4 Å². The van der Waals surface area contributed by atoms with Crippen LogP contribution >= 0.6 is 0 Å². The molecule has 23 heavy (non-hydrogen) atoms. The predicted octanol–water partition coefficient (Wildman–Crippen LogP) is 2.60. The monoisotopic (exact) mass is 311 g/mol. The smallest absolute Gasteiger partial charge is 0.287 e. The number of H-pyrrole nitrogens is 1. The molecular weight excluding hydrogens is 290 g/mol. The standard InChI is InChI=1S/C17H21N5O/c1-17(2,3)14(10-22-9-8-18-11-22)21-16(23)15-19-12-6-4-5-7-13(12)20-15/h4-9,11,14H,10H2,1-3H3,(H,19,20)(H,21,23)/t14-/m0/s1. The van der Waals surface area contributed by atoms with Crippen LogP contribution in [0.3, 0.4) is 0 Å². The summed E-state index contributed by atoms with van der Waals surface area (Å²) in [5.74, 6) is 0.146. The van der Waals surface area contributed by atoms with Crippen molar-refractivity contribution in [3.05, 3.63) is 48.8 Å². The van der Waals surface area contributed by atoms with Gasteiger partial charge in [0.1, 0.15) is 0 Å². The highest BCUT2D eigenvalue weighted by Crippen LogP contribution is 2.21. The molecule has 2 aromatic heterocycles. The Balaban J connectivity index is 1.79. The Hall–Kier alpha value is -2.63. The topological polar surface area (TPSA) is 75.6 Å². The van der Waals surface area contributed by atoms with Crippen molar-refractivity contribution in [2.45, 2.75) is 33.4 Å². The molecule has 1 atom stereocenters.